The minimum atomic E-state index is 0. The Labute approximate surface area is 238 Å². The maximum Gasteiger partial charge on any atom is -0.0251 e. The standard InChI is InChI=1S/C9H18.2C8H18.C7H16.4CH4/c1-7(2)9(5-6-9)8(3)4;2*1-6(2)8(5)7(3)4;1-6(2)5-7(3)4;;;;/h7-8H,5-6H2,1-4H3;2*6-8H,1-5H3;6-7H,5H2,1-4H3;4*1H4. The molecule has 0 bridgehead atoms. The van der Waals surface area contributed by atoms with E-state index in [4.69, 9.17) is 0 Å². The quantitative estimate of drug-likeness (QED) is 0.299. The summed E-state index contributed by atoms with van der Waals surface area (Å²) in [6.45, 7) is 41.4. The van der Waals surface area contributed by atoms with Gasteiger partial charge in [0, 0.05) is 0 Å². The highest BCUT2D eigenvalue weighted by Crippen LogP contribution is 2.57. The molecule has 1 aliphatic carbocycles. The third-order valence-electron chi connectivity index (χ3n) is 8.28. The van der Waals surface area contributed by atoms with Crippen LogP contribution in [0.15, 0.2) is 0 Å². The molecule has 1 saturated carbocycles. The van der Waals surface area contributed by atoms with Gasteiger partial charge in [-0.1, -0.05) is 154 Å². The van der Waals surface area contributed by atoms with Gasteiger partial charge in [-0.2, -0.15) is 0 Å². The Hall–Kier alpha value is 0. The minimum Gasteiger partial charge on any atom is -0.0776 e. The summed E-state index contributed by atoms with van der Waals surface area (Å²) >= 11 is 0. The van der Waals surface area contributed by atoms with Gasteiger partial charge < -0.3 is 0 Å². The first-order valence-electron chi connectivity index (χ1n) is 14.3. The van der Waals surface area contributed by atoms with E-state index in [1.165, 1.54) is 19.3 Å². The van der Waals surface area contributed by atoms with Crippen LogP contribution in [0.5, 0.6) is 0 Å². The van der Waals surface area contributed by atoms with Crippen molar-refractivity contribution >= 4 is 0 Å². The Kier molecular flexibility index (Phi) is 38.7. The summed E-state index contributed by atoms with van der Waals surface area (Å²) in [6, 6.07) is 0. The highest BCUT2D eigenvalue weighted by Gasteiger charge is 2.47. The summed E-state index contributed by atoms with van der Waals surface area (Å²) in [7, 11) is 0. The lowest BCUT2D eigenvalue weighted by Gasteiger charge is -2.23. The Morgan fingerprint density at radius 3 is 0.583 bits per heavy atom. The molecule has 0 aromatic heterocycles. The second kappa shape index (κ2) is 26.6. The Morgan fingerprint density at radius 1 is 0.389 bits per heavy atom. The largest absolute Gasteiger partial charge is 0.0776 e. The molecule has 0 unspecified atom stereocenters. The highest BCUT2D eigenvalue weighted by molar-refractivity contribution is 4.97. The molecular weight excluding hydrogens is 432 g/mol. The van der Waals surface area contributed by atoms with Crippen LogP contribution in [-0.2, 0) is 0 Å². The molecule has 0 aromatic carbocycles. The number of hydrogen-bond donors (Lipinski definition) is 0. The first-order chi connectivity index (χ1) is 14.3. The van der Waals surface area contributed by atoms with Crippen LogP contribution >= 0.6 is 0 Å². The van der Waals surface area contributed by atoms with E-state index in [0.29, 0.717) is 0 Å². The van der Waals surface area contributed by atoms with Gasteiger partial charge in [-0.25, -0.2) is 0 Å². The molecule has 0 heterocycles. The zero-order valence-electron chi connectivity index (χ0n) is 26.4. The molecule has 0 atom stereocenters. The summed E-state index contributed by atoms with van der Waals surface area (Å²) in [5.41, 5.74) is 0.750. The topological polar surface area (TPSA) is 0 Å². The van der Waals surface area contributed by atoms with Gasteiger partial charge in [0.2, 0.25) is 0 Å². The van der Waals surface area contributed by atoms with E-state index >= 15 is 0 Å². The Bertz CT molecular complexity index is 340. The SMILES string of the molecule is C.C.C.C.CC(C)C(C)C(C)C.CC(C)C(C)C(C)C.CC(C)C1(C(C)C)CC1.CC(C)CC(C)C. The van der Waals surface area contributed by atoms with Gasteiger partial charge in [-0.3, -0.25) is 0 Å². The molecule has 0 heteroatoms. The minimum absolute atomic E-state index is 0. The van der Waals surface area contributed by atoms with E-state index in [-0.39, 0.29) is 29.7 Å². The van der Waals surface area contributed by atoms with Crippen LogP contribution < -0.4 is 0 Å². The normalized spacial score (nSPS) is 13.3. The van der Waals surface area contributed by atoms with Crippen molar-refractivity contribution in [2.24, 2.45) is 64.6 Å². The molecule has 1 fully saturated rings. The van der Waals surface area contributed by atoms with Crippen molar-refractivity contribution in [3.05, 3.63) is 0 Å². The summed E-state index contributed by atoms with van der Waals surface area (Å²) in [4.78, 5) is 0. The molecule has 36 heavy (non-hydrogen) atoms. The van der Waals surface area contributed by atoms with Crippen LogP contribution in [0.25, 0.3) is 0 Å². The number of hydrogen-bond acceptors (Lipinski definition) is 0. The molecule has 0 saturated heterocycles. The van der Waals surface area contributed by atoms with E-state index in [0.717, 1.165) is 64.6 Å². The second-order valence-corrected chi connectivity index (χ2v) is 13.8. The molecule has 0 radical (unpaired) electrons. The summed E-state index contributed by atoms with van der Waals surface area (Å²) < 4.78 is 0. The fourth-order valence-corrected chi connectivity index (χ4v) is 4.45. The molecular formula is C36H86. The lowest BCUT2D eigenvalue weighted by molar-refractivity contribution is 0.260. The molecule has 0 N–H and O–H groups in total. The molecule has 1 rings (SSSR count). The fourth-order valence-electron chi connectivity index (χ4n) is 4.45. The second-order valence-electron chi connectivity index (χ2n) is 13.8. The molecule has 0 amide bonds. The Morgan fingerprint density at radius 2 is 0.583 bits per heavy atom. The fraction of sp³-hybridized carbons (Fsp3) is 1.00. The zero-order valence-corrected chi connectivity index (χ0v) is 26.4. The highest BCUT2D eigenvalue weighted by atomic mass is 14.5. The predicted molar refractivity (Wildman–Crippen MR) is 180 cm³/mol. The van der Waals surface area contributed by atoms with Gasteiger partial charge in [0.25, 0.3) is 0 Å². The first-order valence-corrected chi connectivity index (χ1v) is 14.3. The van der Waals surface area contributed by atoms with Gasteiger partial charge in [0.1, 0.15) is 0 Å². The van der Waals surface area contributed by atoms with Crippen molar-refractivity contribution in [3.63, 3.8) is 0 Å². The number of rotatable bonds is 8. The maximum absolute atomic E-state index is 2.35. The lowest BCUT2D eigenvalue weighted by Crippen LogP contribution is -2.16. The summed E-state index contributed by atoms with van der Waals surface area (Å²) in [5, 5.41) is 0. The van der Waals surface area contributed by atoms with E-state index in [1.54, 1.807) is 0 Å². The van der Waals surface area contributed by atoms with Crippen molar-refractivity contribution in [2.45, 2.75) is 174 Å². The van der Waals surface area contributed by atoms with Gasteiger partial charge in [-0.15, -0.1) is 0 Å². The van der Waals surface area contributed by atoms with Gasteiger partial charge in [-0.05, 0) is 83.9 Å². The molecule has 0 spiro atoms. The van der Waals surface area contributed by atoms with Crippen molar-refractivity contribution in [1.29, 1.82) is 0 Å². The third-order valence-corrected chi connectivity index (χ3v) is 8.28. The van der Waals surface area contributed by atoms with Crippen molar-refractivity contribution in [1.82, 2.24) is 0 Å². The van der Waals surface area contributed by atoms with Crippen LogP contribution in [0.3, 0.4) is 0 Å². The van der Waals surface area contributed by atoms with Gasteiger partial charge >= 0.3 is 0 Å². The smallest absolute Gasteiger partial charge is 0.0251 e. The van der Waals surface area contributed by atoms with Gasteiger partial charge in [0.05, 0.1) is 0 Å². The maximum atomic E-state index is 2.35. The van der Waals surface area contributed by atoms with E-state index < -0.39 is 0 Å². The molecule has 0 aromatic rings. The van der Waals surface area contributed by atoms with E-state index in [2.05, 4.69) is 125 Å². The average Bonchev–Trinajstić information content (AvgIpc) is 3.42. The molecule has 1 aliphatic rings. The predicted octanol–water partition coefficient (Wildman–Crippen LogP) is 14.2. The zero-order chi connectivity index (χ0) is 26.4. The summed E-state index contributed by atoms with van der Waals surface area (Å²) in [5.74, 6) is 8.66. The van der Waals surface area contributed by atoms with Gasteiger partial charge in [0.15, 0.2) is 0 Å². The van der Waals surface area contributed by atoms with Crippen LogP contribution in [0.1, 0.15) is 174 Å². The van der Waals surface area contributed by atoms with Crippen LogP contribution in [0.2, 0.25) is 0 Å². The van der Waals surface area contributed by atoms with Crippen LogP contribution in [-0.4, -0.2) is 0 Å². The molecule has 230 valence electrons. The van der Waals surface area contributed by atoms with Crippen molar-refractivity contribution in [3.8, 4) is 0 Å². The Balaban J connectivity index is -0.0000000603. The third kappa shape index (κ3) is 27.0. The van der Waals surface area contributed by atoms with Crippen LogP contribution in [0, 0.1) is 64.6 Å². The van der Waals surface area contributed by atoms with Crippen molar-refractivity contribution in [2.75, 3.05) is 0 Å². The lowest BCUT2D eigenvalue weighted by atomic mass is 9.82. The van der Waals surface area contributed by atoms with Crippen LogP contribution in [0.4, 0.5) is 0 Å². The van der Waals surface area contributed by atoms with Crippen molar-refractivity contribution < 1.29 is 0 Å². The monoisotopic (exact) mass is 519 g/mol. The van der Waals surface area contributed by atoms with E-state index in [9.17, 15) is 0 Å². The summed E-state index contributed by atoms with van der Waals surface area (Å²) in [6.07, 6.45) is 4.31. The molecule has 0 nitrogen and oxygen atoms in total. The molecule has 0 aliphatic heterocycles. The first kappa shape index (κ1) is 52.4. The average molecular weight is 519 g/mol. The van der Waals surface area contributed by atoms with E-state index in [1.807, 2.05) is 0 Å².